The van der Waals surface area contributed by atoms with Gasteiger partial charge in [-0.1, -0.05) is 37.3 Å². The Balaban J connectivity index is 1.64. The van der Waals surface area contributed by atoms with Crippen LogP contribution in [-0.4, -0.2) is 73.8 Å². The van der Waals surface area contributed by atoms with Gasteiger partial charge in [-0.05, 0) is 72.3 Å². The summed E-state index contributed by atoms with van der Waals surface area (Å²) in [5, 5.41) is 9.71. The van der Waals surface area contributed by atoms with Crippen molar-refractivity contribution >= 4 is 54.4 Å². The molecule has 1 fully saturated rings. The molecule has 1 spiro atoms. The third kappa shape index (κ3) is 6.59. The minimum atomic E-state index is -2.94. The van der Waals surface area contributed by atoms with Crippen molar-refractivity contribution in [1.29, 1.82) is 0 Å². The van der Waals surface area contributed by atoms with Gasteiger partial charge < -0.3 is 29.2 Å². The summed E-state index contributed by atoms with van der Waals surface area (Å²) in [6.07, 6.45) is 0.785. The number of hydrogen-bond acceptors (Lipinski definition) is 7. The molecule has 2 aliphatic rings. The highest BCUT2D eigenvalue weighted by Gasteiger charge is 2.66. The number of halogens is 1. The summed E-state index contributed by atoms with van der Waals surface area (Å²) in [5.41, 5.74) is 0.752. The molecule has 4 atom stereocenters. The van der Waals surface area contributed by atoms with Crippen LogP contribution in [0.4, 0.5) is 5.69 Å². The second-order valence-electron chi connectivity index (χ2n) is 11.7. The molecular weight excluding hydrogens is 667 g/mol. The van der Waals surface area contributed by atoms with Crippen LogP contribution in [-0.2, 0) is 36.0 Å². The van der Waals surface area contributed by atoms with E-state index < -0.39 is 20.0 Å². The normalized spacial score (nSPS) is 23.4. The summed E-state index contributed by atoms with van der Waals surface area (Å²) in [6, 6.07) is 15.4. The fourth-order valence-corrected chi connectivity index (χ4v) is 9.68. The van der Waals surface area contributed by atoms with Gasteiger partial charge in [0, 0.05) is 46.6 Å². The number of carbonyl (C=O) groups is 3. The Morgan fingerprint density at radius 2 is 1.88 bits per heavy atom. The summed E-state index contributed by atoms with van der Waals surface area (Å²) in [5.74, 6) is -1.06. The van der Waals surface area contributed by atoms with Gasteiger partial charge >= 0.3 is 5.97 Å². The number of nitrogens with zero attached hydrogens (tertiary/aromatic N) is 2. The average molecular weight is 709 g/mol. The fraction of sp³-hybridized carbons (Fsp3) is 0.516. The third-order valence-electron chi connectivity index (χ3n) is 8.50. The molecule has 2 aromatic carbocycles. The number of fused-ring (bicyclic) bond motifs is 2. The van der Waals surface area contributed by atoms with E-state index in [2.05, 4.69) is 22.6 Å². The number of benzene rings is 2. The van der Waals surface area contributed by atoms with Gasteiger partial charge in [0.05, 0.1) is 31.9 Å². The lowest BCUT2D eigenvalue weighted by molar-refractivity contribution is -0.150. The third-order valence-corrected chi connectivity index (χ3v) is 11.7. The van der Waals surface area contributed by atoms with Crippen molar-refractivity contribution in [1.82, 2.24) is 4.90 Å². The zero-order valence-electron chi connectivity index (χ0n) is 24.7. The fourth-order valence-electron chi connectivity index (χ4n) is 6.63. The maximum Gasteiger partial charge on any atom is 0.305 e. The van der Waals surface area contributed by atoms with E-state index in [1.54, 1.807) is 9.80 Å². The number of amides is 2. The Kier molecular flexibility index (Phi) is 10.5. The molecule has 0 radical (unpaired) electrons. The molecule has 2 aromatic rings. The molecule has 0 saturated carbocycles. The topological polar surface area (TPSA) is 117 Å². The lowest BCUT2D eigenvalue weighted by Gasteiger charge is -2.32. The first-order valence-electron chi connectivity index (χ1n) is 14.5. The van der Waals surface area contributed by atoms with Gasteiger partial charge in [-0.2, -0.15) is 0 Å². The number of esters is 1. The van der Waals surface area contributed by atoms with Gasteiger partial charge in [0.15, 0.2) is 13.9 Å². The predicted molar refractivity (Wildman–Crippen MR) is 170 cm³/mol. The summed E-state index contributed by atoms with van der Waals surface area (Å²) >= 11 is 2.22. The number of carbonyl (C=O) groups excluding carboxylic acids is 3. The molecule has 11 heteroatoms. The van der Waals surface area contributed by atoms with E-state index in [1.165, 1.54) is 7.11 Å². The maximum atomic E-state index is 14.4. The lowest BCUT2D eigenvalue weighted by atomic mass is 9.82. The van der Waals surface area contributed by atoms with Crippen LogP contribution >= 0.6 is 22.6 Å². The van der Waals surface area contributed by atoms with Crippen molar-refractivity contribution in [3.05, 3.63) is 63.2 Å². The highest BCUT2D eigenvalue weighted by atomic mass is 127. The van der Waals surface area contributed by atoms with Crippen LogP contribution in [0.1, 0.15) is 43.7 Å². The molecule has 0 aromatic heterocycles. The van der Waals surface area contributed by atoms with E-state index in [9.17, 15) is 24.3 Å². The van der Waals surface area contributed by atoms with Gasteiger partial charge in [-0.25, -0.2) is 0 Å². The van der Waals surface area contributed by atoms with Gasteiger partial charge in [0.2, 0.25) is 5.91 Å². The number of aliphatic hydroxyl groups is 1. The van der Waals surface area contributed by atoms with Crippen molar-refractivity contribution in [3.63, 3.8) is 0 Å². The Morgan fingerprint density at radius 3 is 2.52 bits per heavy atom. The molecule has 0 bridgehead atoms. The summed E-state index contributed by atoms with van der Waals surface area (Å²) in [6.45, 7) is 6.38. The van der Waals surface area contributed by atoms with Crippen molar-refractivity contribution in [3.8, 4) is 0 Å². The number of unbranched alkanes of at least 4 members (excludes halogenated alkanes) is 1. The highest BCUT2D eigenvalue weighted by Crippen LogP contribution is 2.59. The smallest absolute Gasteiger partial charge is 0.305 e. The van der Waals surface area contributed by atoms with E-state index in [0.29, 0.717) is 25.9 Å². The largest absolute Gasteiger partial charge is 0.469 e. The first kappa shape index (κ1) is 32.6. The second kappa shape index (κ2) is 13.5. The zero-order chi connectivity index (χ0) is 30.7. The van der Waals surface area contributed by atoms with Gasteiger partial charge in [0.25, 0.3) is 5.91 Å². The number of rotatable bonds is 12. The van der Waals surface area contributed by atoms with Crippen molar-refractivity contribution in [2.75, 3.05) is 31.7 Å². The quantitative estimate of drug-likeness (QED) is 0.147. The molecular formula is C31H41IN2O7Si. The van der Waals surface area contributed by atoms with Crippen LogP contribution in [0.25, 0.3) is 0 Å². The number of methoxy groups -OCH3 is 1. The van der Waals surface area contributed by atoms with Crippen LogP contribution in [0, 0.1) is 9.49 Å². The van der Waals surface area contributed by atoms with Crippen molar-refractivity contribution < 1.29 is 33.8 Å². The predicted octanol–water partition coefficient (Wildman–Crippen LogP) is 4.19. The highest BCUT2D eigenvalue weighted by molar-refractivity contribution is 14.1. The standard InChI is InChI=1S/C31H41IN2O7Si/c1-21-29(42(3,4)39)26(19-27(36)33(16-17-35)20-22-10-6-5-7-11-22)41-31(21)24-18-23(32)13-14-25(24)34(30(31)38)15-9-8-12-28(37)40-2/h5-7,10-11,13-14,18,21,26,29,35,39H,8-9,12,15-17,19-20H2,1-4H3/t21-,26+,29-,31+/m0/s1. The average Bonchev–Trinajstić information content (AvgIpc) is 3.37. The molecule has 2 amide bonds. The van der Waals surface area contributed by atoms with Gasteiger partial charge in [-0.15, -0.1) is 0 Å². The molecule has 0 unspecified atom stereocenters. The molecule has 4 rings (SSSR count). The molecule has 0 aliphatic carbocycles. The first-order valence-corrected chi connectivity index (χ1v) is 18.6. The minimum absolute atomic E-state index is 0.00769. The molecule has 2 heterocycles. The van der Waals surface area contributed by atoms with Gasteiger partial charge in [0.1, 0.15) is 0 Å². The summed E-state index contributed by atoms with van der Waals surface area (Å²) in [4.78, 5) is 54.6. The zero-order valence-corrected chi connectivity index (χ0v) is 27.9. The Bertz CT molecular complexity index is 1290. The number of aliphatic hydroxyl groups excluding tert-OH is 1. The number of anilines is 1. The molecule has 1 saturated heterocycles. The van der Waals surface area contributed by atoms with E-state index >= 15 is 0 Å². The lowest BCUT2D eigenvalue weighted by Crippen LogP contribution is -2.46. The van der Waals surface area contributed by atoms with E-state index in [1.807, 2.05) is 68.5 Å². The van der Waals surface area contributed by atoms with Gasteiger partial charge in [-0.3, -0.25) is 14.4 Å². The van der Waals surface area contributed by atoms with E-state index in [-0.39, 0.29) is 55.2 Å². The Hall–Kier alpha value is -2.32. The number of ether oxygens (including phenoxy) is 2. The van der Waals surface area contributed by atoms with Crippen molar-refractivity contribution in [2.24, 2.45) is 5.92 Å². The van der Waals surface area contributed by atoms with Crippen molar-refractivity contribution in [2.45, 2.75) is 69.5 Å². The Labute approximate surface area is 262 Å². The molecule has 42 heavy (non-hydrogen) atoms. The van der Waals surface area contributed by atoms with Crippen LogP contribution in [0.5, 0.6) is 0 Å². The minimum Gasteiger partial charge on any atom is -0.469 e. The first-order chi connectivity index (χ1) is 19.9. The molecule has 2 aliphatic heterocycles. The summed E-state index contributed by atoms with van der Waals surface area (Å²) < 4.78 is 12.5. The SMILES string of the molecule is COC(=O)CCCCN1C(=O)[C@]2(O[C@H](CC(=O)N(CCO)Cc3ccccc3)[C@@H]([Si](C)(C)O)[C@@H]2C)c2cc(I)ccc21. The van der Waals surface area contributed by atoms with E-state index in [4.69, 9.17) is 9.47 Å². The summed E-state index contributed by atoms with van der Waals surface area (Å²) in [7, 11) is -1.58. The van der Waals surface area contributed by atoms with Crippen LogP contribution in [0.3, 0.4) is 0 Å². The second-order valence-corrected chi connectivity index (χ2v) is 17.0. The Morgan fingerprint density at radius 1 is 1.17 bits per heavy atom. The van der Waals surface area contributed by atoms with Crippen LogP contribution < -0.4 is 4.90 Å². The van der Waals surface area contributed by atoms with Crippen LogP contribution in [0.15, 0.2) is 48.5 Å². The maximum absolute atomic E-state index is 14.4. The monoisotopic (exact) mass is 708 g/mol. The molecule has 228 valence electrons. The van der Waals surface area contributed by atoms with Crippen LogP contribution in [0.2, 0.25) is 18.6 Å². The van der Waals surface area contributed by atoms with E-state index in [0.717, 1.165) is 20.4 Å². The molecule has 2 N–H and O–H groups in total. The molecule has 9 nitrogen and oxygen atoms in total. The number of hydrogen-bond donors (Lipinski definition) is 2.